The van der Waals surface area contributed by atoms with Crippen molar-refractivity contribution in [2.75, 3.05) is 19.7 Å². The lowest BCUT2D eigenvalue weighted by molar-refractivity contribution is -0.145. The number of para-hydroxylation sites is 1. The van der Waals surface area contributed by atoms with Crippen molar-refractivity contribution in [2.45, 2.75) is 25.7 Å². The molecule has 1 fully saturated rings. The Balaban J connectivity index is 1.71. The minimum atomic E-state index is -0.810. The number of carbonyl (C=O) groups is 2. The number of carboxylic acids is 1. The number of nitrogens with zero attached hydrogens (tertiary/aromatic N) is 1. The molecular weight excluding hydrogens is 350 g/mol. The fourth-order valence-corrected chi connectivity index (χ4v) is 2.93. The molecular formula is C16H20BrNO4. The Morgan fingerprint density at radius 2 is 2.14 bits per heavy atom. The molecule has 6 heteroatoms. The normalized spacial score (nSPS) is 18.0. The Hall–Kier alpha value is -1.56. The Morgan fingerprint density at radius 1 is 1.36 bits per heavy atom. The molecule has 1 aromatic rings. The van der Waals surface area contributed by atoms with Crippen LogP contribution >= 0.6 is 15.9 Å². The van der Waals surface area contributed by atoms with Crippen molar-refractivity contribution in [3.05, 3.63) is 28.7 Å². The molecule has 1 aliphatic heterocycles. The first-order valence-electron chi connectivity index (χ1n) is 7.46. The molecule has 1 unspecified atom stereocenters. The van der Waals surface area contributed by atoms with Crippen LogP contribution in [0.5, 0.6) is 5.75 Å². The van der Waals surface area contributed by atoms with Crippen molar-refractivity contribution < 1.29 is 19.4 Å². The monoisotopic (exact) mass is 369 g/mol. The highest BCUT2D eigenvalue weighted by molar-refractivity contribution is 9.10. The summed E-state index contributed by atoms with van der Waals surface area (Å²) in [6.45, 7) is 1.46. The molecule has 0 radical (unpaired) electrons. The molecule has 2 rings (SSSR count). The number of piperidine rings is 1. The highest BCUT2D eigenvalue weighted by Crippen LogP contribution is 2.24. The fraction of sp³-hybridized carbons (Fsp3) is 0.500. The summed E-state index contributed by atoms with van der Waals surface area (Å²) >= 11 is 3.40. The number of aliphatic carboxylic acids is 1. The molecule has 0 bridgehead atoms. The van der Waals surface area contributed by atoms with Crippen molar-refractivity contribution in [2.24, 2.45) is 5.92 Å². The second-order valence-corrected chi connectivity index (χ2v) is 6.25. The molecule has 5 nitrogen and oxygen atoms in total. The predicted octanol–water partition coefficient (Wildman–Crippen LogP) is 2.93. The van der Waals surface area contributed by atoms with Gasteiger partial charge in [0.2, 0.25) is 5.91 Å². The molecule has 0 aromatic heterocycles. The van der Waals surface area contributed by atoms with E-state index < -0.39 is 11.9 Å². The van der Waals surface area contributed by atoms with Gasteiger partial charge in [0.1, 0.15) is 5.75 Å². The summed E-state index contributed by atoms with van der Waals surface area (Å²) in [6, 6.07) is 7.58. The van der Waals surface area contributed by atoms with Gasteiger partial charge in [-0.05, 0) is 47.3 Å². The SMILES string of the molecule is O=C(O)C1CCCN(C(=O)CCCOc2ccccc2Br)C1. The van der Waals surface area contributed by atoms with E-state index in [0.29, 0.717) is 39.0 Å². The molecule has 1 atom stereocenters. The van der Waals surface area contributed by atoms with Crippen LogP contribution in [-0.4, -0.2) is 41.6 Å². The predicted molar refractivity (Wildman–Crippen MR) is 85.8 cm³/mol. The average molecular weight is 370 g/mol. The third-order valence-electron chi connectivity index (χ3n) is 3.75. The topological polar surface area (TPSA) is 66.8 Å². The van der Waals surface area contributed by atoms with Crippen LogP contribution in [0, 0.1) is 5.92 Å². The number of likely N-dealkylation sites (tertiary alicyclic amines) is 1. The van der Waals surface area contributed by atoms with Gasteiger partial charge in [-0.3, -0.25) is 9.59 Å². The lowest BCUT2D eigenvalue weighted by Crippen LogP contribution is -2.42. The molecule has 120 valence electrons. The van der Waals surface area contributed by atoms with Crippen LogP contribution in [0.2, 0.25) is 0 Å². The second kappa shape index (κ2) is 8.17. The number of benzene rings is 1. The quantitative estimate of drug-likeness (QED) is 0.782. The van der Waals surface area contributed by atoms with Gasteiger partial charge in [-0.25, -0.2) is 0 Å². The van der Waals surface area contributed by atoms with E-state index >= 15 is 0 Å². The van der Waals surface area contributed by atoms with Gasteiger partial charge in [-0.15, -0.1) is 0 Å². The van der Waals surface area contributed by atoms with E-state index in [0.717, 1.165) is 16.6 Å². The maximum Gasteiger partial charge on any atom is 0.308 e. The molecule has 0 spiro atoms. The van der Waals surface area contributed by atoms with Gasteiger partial charge in [-0.2, -0.15) is 0 Å². The van der Waals surface area contributed by atoms with E-state index in [9.17, 15) is 9.59 Å². The maximum absolute atomic E-state index is 12.1. The van der Waals surface area contributed by atoms with Crippen LogP contribution in [0.3, 0.4) is 0 Å². The molecule has 1 aromatic carbocycles. The molecule has 0 aliphatic carbocycles. The number of hydrogen-bond donors (Lipinski definition) is 1. The second-order valence-electron chi connectivity index (χ2n) is 5.40. The number of ether oxygens (including phenoxy) is 1. The van der Waals surface area contributed by atoms with Crippen LogP contribution in [0.25, 0.3) is 0 Å². The number of hydrogen-bond acceptors (Lipinski definition) is 3. The Labute approximate surface area is 138 Å². The van der Waals surface area contributed by atoms with Crippen molar-refractivity contribution >= 4 is 27.8 Å². The zero-order valence-corrected chi connectivity index (χ0v) is 13.9. The first-order chi connectivity index (χ1) is 10.6. The van der Waals surface area contributed by atoms with Gasteiger partial charge in [0.15, 0.2) is 0 Å². The standard InChI is InChI=1S/C16H20BrNO4/c17-13-6-1-2-7-14(13)22-10-4-8-15(19)18-9-3-5-12(11-18)16(20)21/h1-2,6-7,12H,3-5,8-11H2,(H,20,21). The van der Waals surface area contributed by atoms with Gasteiger partial charge in [-0.1, -0.05) is 12.1 Å². The zero-order valence-electron chi connectivity index (χ0n) is 12.3. The summed E-state index contributed by atoms with van der Waals surface area (Å²) in [4.78, 5) is 24.8. The number of amides is 1. The molecule has 0 saturated carbocycles. The minimum Gasteiger partial charge on any atom is -0.492 e. The van der Waals surface area contributed by atoms with E-state index in [1.807, 2.05) is 24.3 Å². The molecule has 1 heterocycles. The van der Waals surface area contributed by atoms with E-state index in [2.05, 4.69) is 15.9 Å². The molecule has 1 saturated heterocycles. The van der Waals surface area contributed by atoms with Gasteiger partial charge in [0.25, 0.3) is 0 Å². The summed E-state index contributed by atoms with van der Waals surface area (Å²) in [5.41, 5.74) is 0. The highest BCUT2D eigenvalue weighted by atomic mass is 79.9. The number of carbonyl (C=O) groups excluding carboxylic acids is 1. The lowest BCUT2D eigenvalue weighted by atomic mass is 9.98. The third-order valence-corrected chi connectivity index (χ3v) is 4.41. The van der Waals surface area contributed by atoms with Crippen LogP contribution in [0.1, 0.15) is 25.7 Å². The zero-order chi connectivity index (χ0) is 15.9. The fourth-order valence-electron chi connectivity index (χ4n) is 2.53. The van der Waals surface area contributed by atoms with Crippen LogP contribution in [-0.2, 0) is 9.59 Å². The lowest BCUT2D eigenvalue weighted by Gasteiger charge is -2.30. The molecule has 1 amide bonds. The van der Waals surface area contributed by atoms with Gasteiger partial charge < -0.3 is 14.7 Å². The number of halogens is 1. The van der Waals surface area contributed by atoms with Crippen molar-refractivity contribution in [1.29, 1.82) is 0 Å². The molecule has 1 N–H and O–H groups in total. The van der Waals surface area contributed by atoms with Crippen LogP contribution in [0.4, 0.5) is 0 Å². The smallest absolute Gasteiger partial charge is 0.308 e. The Kier molecular flexibility index (Phi) is 6.24. The van der Waals surface area contributed by atoms with E-state index in [1.54, 1.807) is 4.90 Å². The summed E-state index contributed by atoms with van der Waals surface area (Å²) in [5, 5.41) is 9.04. The van der Waals surface area contributed by atoms with E-state index in [4.69, 9.17) is 9.84 Å². The molecule has 22 heavy (non-hydrogen) atoms. The maximum atomic E-state index is 12.1. The number of rotatable bonds is 6. The summed E-state index contributed by atoms with van der Waals surface area (Å²) in [7, 11) is 0. The summed E-state index contributed by atoms with van der Waals surface area (Å²) in [6.07, 6.45) is 2.42. The van der Waals surface area contributed by atoms with E-state index in [-0.39, 0.29) is 5.91 Å². The van der Waals surface area contributed by atoms with Crippen LogP contribution in [0.15, 0.2) is 28.7 Å². The van der Waals surface area contributed by atoms with Gasteiger partial charge >= 0.3 is 5.97 Å². The van der Waals surface area contributed by atoms with Crippen molar-refractivity contribution in [3.8, 4) is 5.75 Å². The minimum absolute atomic E-state index is 0.0154. The average Bonchev–Trinajstić information content (AvgIpc) is 2.53. The summed E-state index contributed by atoms with van der Waals surface area (Å²) in [5.74, 6) is -0.454. The Bertz CT molecular complexity index is 535. The first kappa shape index (κ1) is 16.8. The van der Waals surface area contributed by atoms with Gasteiger partial charge in [0.05, 0.1) is 17.0 Å². The summed E-state index contributed by atoms with van der Waals surface area (Å²) < 4.78 is 6.51. The van der Waals surface area contributed by atoms with Crippen molar-refractivity contribution in [3.63, 3.8) is 0 Å². The van der Waals surface area contributed by atoms with E-state index in [1.165, 1.54) is 0 Å². The Morgan fingerprint density at radius 3 is 2.86 bits per heavy atom. The first-order valence-corrected chi connectivity index (χ1v) is 8.25. The number of carboxylic acid groups (broad SMARTS) is 1. The van der Waals surface area contributed by atoms with Crippen LogP contribution < -0.4 is 4.74 Å². The van der Waals surface area contributed by atoms with Crippen molar-refractivity contribution in [1.82, 2.24) is 4.90 Å². The highest BCUT2D eigenvalue weighted by Gasteiger charge is 2.27. The molecule has 1 aliphatic rings. The van der Waals surface area contributed by atoms with Gasteiger partial charge in [0, 0.05) is 19.5 Å². The largest absolute Gasteiger partial charge is 0.492 e. The third kappa shape index (κ3) is 4.73.